The molecule has 2 heterocycles. The van der Waals surface area contributed by atoms with Gasteiger partial charge in [0.15, 0.2) is 5.83 Å². The minimum Gasteiger partial charge on any atom is -0.366 e. The summed E-state index contributed by atoms with van der Waals surface area (Å²) in [5.41, 5.74) is 2.90. The summed E-state index contributed by atoms with van der Waals surface area (Å²) in [5.74, 6) is -1.59. The summed E-state index contributed by atoms with van der Waals surface area (Å²) in [6.07, 6.45) is 3.47. The number of carbonyl (C=O) groups excluding carboxylic acids is 1. The molecule has 6 nitrogen and oxygen atoms in total. The molecule has 3 rings (SSSR count). The van der Waals surface area contributed by atoms with Crippen molar-refractivity contribution in [2.24, 2.45) is 0 Å². The molecular weight excluding hydrogens is 371 g/mol. The Balaban J connectivity index is 1.52. The zero-order chi connectivity index (χ0) is 19.2. The van der Waals surface area contributed by atoms with Gasteiger partial charge in [-0.25, -0.2) is 14.9 Å². The van der Waals surface area contributed by atoms with Crippen molar-refractivity contribution in [1.82, 2.24) is 15.4 Å². The summed E-state index contributed by atoms with van der Waals surface area (Å²) >= 11 is 5.92. The lowest BCUT2D eigenvalue weighted by Gasteiger charge is -2.17. The van der Waals surface area contributed by atoms with Gasteiger partial charge in [0.05, 0.1) is 0 Å². The highest BCUT2D eigenvalue weighted by atomic mass is 35.5. The quantitative estimate of drug-likeness (QED) is 0.401. The number of likely N-dealkylation sites (tertiary alicyclic amines) is 1. The van der Waals surface area contributed by atoms with Crippen molar-refractivity contribution in [2.45, 2.75) is 19.0 Å². The van der Waals surface area contributed by atoms with Crippen LogP contribution in [0.15, 0.2) is 48.4 Å². The van der Waals surface area contributed by atoms with Crippen LogP contribution in [0.1, 0.15) is 17.5 Å². The second-order valence-corrected chi connectivity index (χ2v) is 6.84. The molecule has 8 heteroatoms. The number of carbonyl (C=O) groups is 1. The number of hydrogen-bond acceptors (Lipinski definition) is 5. The van der Waals surface area contributed by atoms with Crippen LogP contribution in [-0.4, -0.2) is 40.1 Å². The number of anilines is 1. The molecule has 27 heavy (non-hydrogen) atoms. The van der Waals surface area contributed by atoms with Crippen LogP contribution in [0.3, 0.4) is 0 Å². The van der Waals surface area contributed by atoms with Gasteiger partial charge in [-0.05, 0) is 47.9 Å². The van der Waals surface area contributed by atoms with Crippen molar-refractivity contribution < 1.29 is 14.4 Å². The van der Waals surface area contributed by atoms with Gasteiger partial charge in [0, 0.05) is 36.9 Å². The van der Waals surface area contributed by atoms with Gasteiger partial charge in [0.25, 0.3) is 0 Å². The van der Waals surface area contributed by atoms with E-state index < -0.39 is 11.7 Å². The smallest absolute Gasteiger partial charge is 0.303 e. The lowest BCUT2D eigenvalue weighted by Crippen LogP contribution is -2.26. The van der Waals surface area contributed by atoms with Crippen LogP contribution in [0.4, 0.5) is 10.2 Å². The molecule has 0 bridgehead atoms. The van der Waals surface area contributed by atoms with Crippen molar-refractivity contribution in [1.29, 1.82) is 0 Å². The molecule has 0 unspecified atom stereocenters. The molecule has 142 valence electrons. The molecular formula is C19H20ClFN4O2. The first kappa shape index (κ1) is 19.3. The van der Waals surface area contributed by atoms with E-state index in [1.54, 1.807) is 12.1 Å². The summed E-state index contributed by atoms with van der Waals surface area (Å²) in [7, 11) is 0. The molecule has 1 saturated heterocycles. The lowest BCUT2D eigenvalue weighted by atomic mass is 10.2. The first-order chi connectivity index (χ1) is 13.0. The second-order valence-electron chi connectivity index (χ2n) is 6.40. The van der Waals surface area contributed by atoms with Gasteiger partial charge in [0.1, 0.15) is 5.82 Å². The zero-order valence-electron chi connectivity index (χ0n) is 14.5. The monoisotopic (exact) mass is 390 g/mol. The Morgan fingerprint density at radius 2 is 2.11 bits per heavy atom. The SMILES string of the molecule is O=C(NO)/C(F)=C\c1ccc(N[C@@H]2CCN(Cc3ccc(Cl)cc3)C2)nc1. The fourth-order valence-corrected chi connectivity index (χ4v) is 3.12. The molecule has 1 atom stereocenters. The number of aromatic nitrogens is 1. The van der Waals surface area contributed by atoms with E-state index in [4.69, 9.17) is 16.8 Å². The van der Waals surface area contributed by atoms with Crippen LogP contribution in [0.2, 0.25) is 5.02 Å². The number of halogens is 2. The molecule has 0 saturated carbocycles. The standard InChI is InChI=1S/C19H20ClFN4O2/c20-15-4-1-13(2-5-15)11-25-8-7-16(12-25)23-18-6-3-14(10-22-18)9-17(21)19(26)24-27/h1-6,9-10,16,27H,7-8,11-12H2,(H,22,23)(H,24,26)/b17-9+/t16-/m1/s1. The predicted octanol–water partition coefficient (Wildman–Crippen LogP) is 3.24. The van der Waals surface area contributed by atoms with E-state index in [1.807, 2.05) is 24.3 Å². The normalized spacial score (nSPS) is 17.7. The van der Waals surface area contributed by atoms with Gasteiger partial charge in [-0.3, -0.25) is 14.9 Å². The fraction of sp³-hybridized carbons (Fsp3) is 0.263. The maximum atomic E-state index is 13.4. The third-order valence-electron chi connectivity index (χ3n) is 4.34. The number of amides is 1. The Morgan fingerprint density at radius 1 is 1.33 bits per heavy atom. The highest BCUT2D eigenvalue weighted by Crippen LogP contribution is 2.19. The minimum atomic E-state index is -1.19. The van der Waals surface area contributed by atoms with E-state index in [0.717, 1.165) is 37.2 Å². The molecule has 1 aromatic heterocycles. The van der Waals surface area contributed by atoms with E-state index in [-0.39, 0.29) is 6.04 Å². The molecule has 1 aromatic carbocycles. The number of rotatable bonds is 6. The predicted molar refractivity (Wildman–Crippen MR) is 102 cm³/mol. The van der Waals surface area contributed by atoms with Crippen LogP contribution in [0, 0.1) is 0 Å². The average Bonchev–Trinajstić information content (AvgIpc) is 3.11. The number of nitrogens with zero attached hydrogens (tertiary/aromatic N) is 2. The Hall–Kier alpha value is -2.48. The number of benzene rings is 1. The van der Waals surface area contributed by atoms with E-state index >= 15 is 0 Å². The third-order valence-corrected chi connectivity index (χ3v) is 4.59. The molecule has 0 radical (unpaired) electrons. The van der Waals surface area contributed by atoms with Crippen molar-refractivity contribution in [3.8, 4) is 0 Å². The Kier molecular flexibility index (Phi) is 6.39. The summed E-state index contributed by atoms with van der Waals surface area (Å²) in [6, 6.07) is 11.5. The van der Waals surface area contributed by atoms with E-state index in [0.29, 0.717) is 11.4 Å². The maximum Gasteiger partial charge on any atom is 0.303 e. The van der Waals surface area contributed by atoms with Crippen molar-refractivity contribution in [3.63, 3.8) is 0 Å². The Labute approximate surface area is 161 Å². The van der Waals surface area contributed by atoms with Gasteiger partial charge in [-0.15, -0.1) is 0 Å². The van der Waals surface area contributed by atoms with Crippen LogP contribution < -0.4 is 10.8 Å². The molecule has 1 aliphatic heterocycles. The van der Waals surface area contributed by atoms with Crippen LogP contribution >= 0.6 is 11.6 Å². The van der Waals surface area contributed by atoms with E-state index in [1.165, 1.54) is 17.2 Å². The number of hydrogen-bond donors (Lipinski definition) is 3. The Morgan fingerprint density at radius 3 is 2.78 bits per heavy atom. The topological polar surface area (TPSA) is 77.5 Å². The van der Waals surface area contributed by atoms with Crippen molar-refractivity contribution >= 4 is 29.4 Å². The second kappa shape index (κ2) is 8.94. The van der Waals surface area contributed by atoms with Gasteiger partial charge in [-0.2, -0.15) is 0 Å². The van der Waals surface area contributed by atoms with Gasteiger partial charge < -0.3 is 5.32 Å². The number of hydroxylamine groups is 1. The lowest BCUT2D eigenvalue weighted by molar-refractivity contribution is -0.126. The van der Waals surface area contributed by atoms with E-state index in [2.05, 4.69) is 15.2 Å². The average molecular weight is 391 g/mol. The Bertz CT molecular complexity index is 811. The van der Waals surface area contributed by atoms with Crippen LogP contribution in [0.25, 0.3) is 6.08 Å². The zero-order valence-corrected chi connectivity index (χ0v) is 15.3. The molecule has 2 aromatic rings. The highest BCUT2D eigenvalue weighted by molar-refractivity contribution is 6.30. The number of pyridine rings is 1. The van der Waals surface area contributed by atoms with Crippen LogP contribution in [-0.2, 0) is 11.3 Å². The summed E-state index contributed by atoms with van der Waals surface area (Å²) in [4.78, 5) is 17.6. The van der Waals surface area contributed by atoms with Gasteiger partial charge in [0.2, 0.25) is 0 Å². The third kappa shape index (κ3) is 5.50. The highest BCUT2D eigenvalue weighted by Gasteiger charge is 2.22. The minimum absolute atomic E-state index is 0.281. The molecule has 3 N–H and O–H groups in total. The summed E-state index contributed by atoms with van der Waals surface area (Å²) in [5, 5.41) is 12.5. The first-order valence-electron chi connectivity index (χ1n) is 8.54. The van der Waals surface area contributed by atoms with E-state index in [9.17, 15) is 9.18 Å². The summed E-state index contributed by atoms with van der Waals surface area (Å²) < 4.78 is 13.4. The summed E-state index contributed by atoms with van der Waals surface area (Å²) in [6.45, 7) is 2.76. The van der Waals surface area contributed by atoms with Crippen LogP contribution in [0.5, 0.6) is 0 Å². The maximum absolute atomic E-state index is 13.4. The molecule has 0 aliphatic carbocycles. The van der Waals surface area contributed by atoms with Crippen molar-refractivity contribution in [2.75, 3.05) is 18.4 Å². The van der Waals surface area contributed by atoms with Gasteiger partial charge >= 0.3 is 5.91 Å². The van der Waals surface area contributed by atoms with Gasteiger partial charge in [-0.1, -0.05) is 23.7 Å². The molecule has 0 spiro atoms. The van der Waals surface area contributed by atoms with Crippen molar-refractivity contribution in [3.05, 3.63) is 64.6 Å². The largest absolute Gasteiger partial charge is 0.366 e. The number of nitrogens with one attached hydrogen (secondary N) is 2. The molecule has 1 aliphatic rings. The molecule has 1 fully saturated rings. The fourth-order valence-electron chi connectivity index (χ4n) is 2.99. The molecule has 1 amide bonds. The first-order valence-corrected chi connectivity index (χ1v) is 8.92.